The van der Waals surface area contributed by atoms with E-state index in [9.17, 15) is 8.78 Å². The topological polar surface area (TPSA) is 12.0 Å². The third-order valence-electron chi connectivity index (χ3n) is 3.81. The summed E-state index contributed by atoms with van der Waals surface area (Å²) in [4.78, 5) is 0. The lowest BCUT2D eigenvalue weighted by atomic mass is 9.67. The normalized spacial score (nSPS) is 27.9. The second-order valence-electron chi connectivity index (χ2n) is 4.90. The van der Waals surface area contributed by atoms with Crippen LogP contribution in [0.3, 0.4) is 0 Å². The number of benzene rings is 1. The summed E-state index contributed by atoms with van der Waals surface area (Å²) in [5.74, 6) is -0.879. The molecule has 1 aromatic carbocycles. The fourth-order valence-corrected chi connectivity index (χ4v) is 2.60. The molecule has 17 heavy (non-hydrogen) atoms. The summed E-state index contributed by atoms with van der Waals surface area (Å²) in [7, 11) is 0. The van der Waals surface area contributed by atoms with Gasteiger partial charge in [0.1, 0.15) is 0 Å². The van der Waals surface area contributed by atoms with Crippen molar-refractivity contribution in [2.45, 2.75) is 38.6 Å². The van der Waals surface area contributed by atoms with Gasteiger partial charge in [0.05, 0.1) is 0 Å². The molecule has 0 aromatic heterocycles. The van der Waals surface area contributed by atoms with Crippen LogP contribution >= 0.6 is 0 Å². The fourth-order valence-electron chi connectivity index (χ4n) is 2.60. The number of halogens is 2. The molecule has 1 saturated carbocycles. The van der Waals surface area contributed by atoms with Gasteiger partial charge in [-0.2, -0.15) is 0 Å². The molecule has 1 N–H and O–H groups in total. The first-order valence-corrected chi connectivity index (χ1v) is 6.32. The summed E-state index contributed by atoms with van der Waals surface area (Å²) in [5.41, 5.74) is 0.534. The van der Waals surface area contributed by atoms with Crippen LogP contribution in [0.1, 0.15) is 38.2 Å². The Kier molecular flexibility index (Phi) is 3.77. The zero-order valence-corrected chi connectivity index (χ0v) is 10.3. The summed E-state index contributed by atoms with van der Waals surface area (Å²) in [6.45, 7) is 5.22. The maximum Gasteiger partial charge on any atom is 0.162 e. The molecule has 3 atom stereocenters. The number of rotatable bonds is 4. The molecule has 0 heterocycles. The smallest absolute Gasteiger partial charge is 0.162 e. The summed E-state index contributed by atoms with van der Waals surface area (Å²) in [5, 5.41) is 3.44. The number of hydrogen-bond acceptors (Lipinski definition) is 1. The van der Waals surface area contributed by atoms with Gasteiger partial charge in [-0.05, 0) is 42.9 Å². The molecule has 0 amide bonds. The van der Waals surface area contributed by atoms with Crippen LogP contribution in [0.25, 0.3) is 0 Å². The van der Waals surface area contributed by atoms with E-state index < -0.39 is 11.6 Å². The maximum absolute atomic E-state index is 13.6. The first-order chi connectivity index (χ1) is 8.15. The number of nitrogens with one attached hydrogen (secondary N) is 1. The van der Waals surface area contributed by atoms with E-state index in [1.807, 2.05) is 0 Å². The Morgan fingerprint density at radius 1 is 1.35 bits per heavy atom. The molecule has 3 unspecified atom stereocenters. The standard InChI is InChI=1S/C14H19F2N/c1-3-7-17-13-8-11(9(13)2)10-5-4-6-12(15)14(10)16/h4-6,9,11,13,17H,3,7-8H2,1-2H3. The van der Waals surface area contributed by atoms with Gasteiger partial charge >= 0.3 is 0 Å². The van der Waals surface area contributed by atoms with Crippen molar-refractivity contribution in [1.29, 1.82) is 0 Å². The molecule has 3 heteroatoms. The van der Waals surface area contributed by atoms with E-state index >= 15 is 0 Å². The average Bonchev–Trinajstić information content (AvgIpc) is 2.32. The van der Waals surface area contributed by atoms with Crippen molar-refractivity contribution in [2.75, 3.05) is 6.54 Å². The summed E-state index contributed by atoms with van der Waals surface area (Å²) in [6, 6.07) is 4.92. The van der Waals surface area contributed by atoms with E-state index in [-0.39, 0.29) is 5.92 Å². The van der Waals surface area contributed by atoms with Crippen LogP contribution in [0.4, 0.5) is 8.78 Å². The molecule has 0 saturated heterocycles. The molecule has 1 aliphatic rings. The lowest BCUT2D eigenvalue weighted by molar-refractivity contribution is 0.180. The lowest BCUT2D eigenvalue weighted by Gasteiger charge is -2.43. The SMILES string of the molecule is CCCNC1CC(c2cccc(F)c2F)C1C. The molecule has 0 spiro atoms. The number of hydrogen-bond donors (Lipinski definition) is 1. The van der Waals surface area contributed by atoms with Gasteiger partial charge in [-0.15, -0.1) is 0 Å². The Balaban J connectivity index is 2.04. The van der Waals surface area contributed by atoms with E-state index in [0.29, 0.717) is 17.5 Å². The molecule has 1 fully saturated rings. The van der Waals surface area contributed by atoms with Crippen molar-refractivity contribution in [2.24, 2.45) is 5.92 Å². The average molecular weight is 239 g/mol. The Morgan fingerprint density at radius 2 is 2.12 bits per heavy atom. The molecule has 0 radical (unpaired) electrons. The third-order valence-corrected chi connectivity index (χ3v) is 3.81. The monoisotopic (exact) mass is 239 g/mol. The fraction of sp³-hybridized carbons (Fsp3) is 0.571. The Hall–Kier alpha value is -0.960. The Labute approximate surface area is 101 Å². The molecule has 1 aromatic rings. The van der Waals surface area contributed by atoms with Crippen molar-refractivity contribution in [1.82, 2.24) is 5.32 Å². The first-order valence-electron chi connectivity index (χ1n) is 6.32. The molecular weight excluding hydrogens is 220 g/mol. The molecule has 2 rings (SSSR count). The minimum atomic E-state index is -0.736. The quantitative estimate of drug-likeness (QED) is 0.848. The molecule has 0 bridgehead atoms. The second kappa shape index (κ2) is 5.13. The van der Waals surface area contributed by atoms with E-state index in [0.717, 1.165) is 19.4 Å². The van der Waals surface area contributed by atoms with Crippen molar-refractivity contribution in [3.05, 3.63) is 35.4 Å². The van der Waals surface area contributed by atoms with Gasteiger partial charge in [-0.25, -0.2) is 8.78 Å². The summed E-state index contributed by atoms with van der Waals surface area (Å²) >= 11 is 0. The lowest BCUT2D eigenvalue weighted by Crippen LogP contribution is -2.48. The van der Waals surface area contributed by atoms with E-state index in [1.165, 1.54) is 6.07 Å². The van der Waals surface area contributed by atoms with Crippen LogP contribution in [0.2, 0.25) is 0 Å². The Morgan fingerprint density at radius 3 is 2.76 bits per heavy atom. The van der Waals surface area contributed by atoms with Crippen molar-refractivity contribution in [3.63, 3.8) is 0 Å². The zero-order valence-electron chi connectivity index (χ0n) is 10.3. The Bertz CT molecular complexity index is 392. The van der Waals surface area contributed by atoms with E-state index in [1.54, 1.807) is 12.1 Å². The largest absolute Gasteiger partial charge is 0.314 e. The maximum atomic E-state index is 13.6. The predicted octanol–water partition coefficient (Wildman–Crippen LogP) is 3.46. The van der Waals surface area contributed by atoms with Crippen molar-refractivity contribution >= 4 is 0 Å². The van der Waals surface area contributed by atoms with Crippen LogP contribution in [0.15, 0.2) is 18.2 Å². The van der Waals surface area contributed by atoms with Crippen LogP contribution in [-0.2, 0) is 0 Å². The van der Waals surface area contributed by atoms with Crippen LogP contribution in [-0.4, -0.2) is 12.6 Å². The van der Waals surface area contributed by atoms with E-state index in [2.05, 4.69) is 19.2 Å². The van der Waals surface area contributed by atoms with Crippen molar-refractivity contribution in [3.8, 4) is 0 Å². The highest BCUT2D eigenvalue weighted by Crippen LogP contribution is 2.43. The highest BCUT2D eigenvalue weighted by atomic mass is 19.2. The van der Waals surface area contributed by atoms with Crippen LogP contribution in [0.5, 0.6) is 0 Å². The third kappa shape index (κ3) is 2.34. The van der Waals surface area contributed by atoms with Gasteiger partial charge in [0.25, 0.3) is 0 Å². The summed E-state index contributed by atoms with van der Waals surface area (Å²) < 4.78 is 26.8. The van der Waals surface area contributed by atoms with Gasteiger partial charge in [-0.3, -0.25) is 0 Å². The van der Waals surface area contributed by atoms with Crippen molar-refractivity contribution < 1.29 is 8.78 Å². The van der Waals surface area contributed by atoms with Gasteiger partial charge in [-0.1, -0.05) is 26.0 Å². The molecular formula is C14H19F2N. The molecule has 1 aliphatic carbocycles. The highest BCUT2D eigenvalue weighted by Gasteiger charge is 2.39. The zero-order chi connectivity index (χ0) is 12.4. The highest BCUT2D eigenvalue weighted by molar-refractivity contribution is 5.27. The van der Waals surface area contributed by atoms with E-state index in [4.69, 9.17) is 0 Å². The summed E-state index contributed by atoms with van der Waals surface area (Å²) in [6.07, 6.45) is 2.00. The molecule has 94 valence electrons. The molecule has 0 aliphatic heterocycles. The van der Waals surface area contributed by atoms with Gasteiger partial charge in [0.15, 0.2) is 11.6 Å². The second-order valence-corrected chi connectivity index (χ2v) is 4.90. The first kappa shape index (κ1) is 12.5. The van der Waals surface area contributed by atoms with Gasteiger partial charge in [0.2, 0.25) is 0 Å². The van der Waals surface area contributed by atoms with Gasteiger partial charge in [0, 0.05) is 6.04 Å². The minimum Gasteiger partial charge on any atom is -0.314 e. The predicted molar refractivity (Wildman–Crippen MR) is 65.0 cm³/mol. The molecule has 1 nitrogen and oxygen atoms in total. The van der Waals surface area contributed by atoms with Crippen LogP contribution in [0, 0.1) is 17.6 Å². The van der Waals surface area contributed by atoms with Gasteiger partial charge < -0.3 is 5.32 Å². The van der Waals surface area contributed by atoms with Crippen LogP contribution < -0.4 is 5.32 Å². The minimum absolute atomic E-state index is 0.153.